The molecule has 0 fully saturated rings. The normalized spacial score (nSPS) is 10.6. The van der Waals surface area contributed by atoms with E-state index >= 15 is 0 Å². The van der Waals surface area contributed by atoms with Crippen LogP contribution in [0.15, 0.2) is 73.7 Å². The molecule has 4 aromatic heterocycles. The Kier molecular flexibility index (Phi) is 3.32. The number of nitrogens with zero attached hydrogens (tertiary/aromatic N) is 6. The van der Waals surface area contributed by atoms with Crippen molar-refractivity contribution < 1.29 is 0 Å². The molecule has 0 aliphatic carbocycles. The minimum absolute atomic E-state index is 0.599. The molecular weight excluding hydrogens is 288 g/mol. The van der Waals surface area contributed by atoms with Gasteiger partial charge in [-0.15, -0.1) is 0 Å². The Morgan fingerprint density at radius 2 is 1.70 bits per heavy atom. The van der Waals surface area contributed by atoms with E-state index < -0.39 is 0 Å². The summed E-state index contributed by atoms with van der Waals surface area (Å²) in [5, 5.41) is 0. The summed E-state index contributed by atoms with van der Waals surface area (Å²) >= 11 is 0. The van der Waals surface area contributed by atoms with Gasteiger partial charge in [0.05, 0.1) is 5.69 Å². The average Bonchev–Trinajstić information content (AvgIpc) is 3.14. The fourth-order valence-electron chi connectivity index (χ4n) is 2.23. The Morgan fingerprint density at radius 3 is 2.52 bits per heavy atom. The molecule has 0 unspecified atom stereocenters. The molecule has 0 aliphatic rings. The molecule has 0 saturated carbocycles. The second-order valence-electron chi connectivity index (χ2n) is 4.86. The van der Waals surface area contributed by atoms with Crippen LogP contribution in [0.25, 0.3) is 28.6 Å². The minimum atomic E-state index is 0.599. The zero-order valence-electron chi connectivity index (χ0n) is 12.1. The molecule has 0 radical (unpaired) electrons. The Bertz CT molecular complexity index is 918. The van der Waals surface area contributed by atoms with Crippen LogP contribution < -0.4 is 0 Å². The van der Waals surface area contributed by atoms with Crippen molar-refractivity contribution in [2.75, 3.05) is 0 Å². The fraction of sp³-hybridized carbons (Fsp3) is 0. The van der Waals surface area contributed by atoms with E-state index in [0.29, 0.717) is 5.82 Å². The van der Waals surface area contributed by atoms with Gasteiger partial charge in [0.2, 0.25) is 0 Å². The maximum Gasteiger partial charge on any atom is 0.178 e. The molecule has 0 aliphatic heterocycles. The zero-order valence-corrected chi connectivity index (χ0v) is 12.1. The maximum atomic E-state index is 4.60. The van der Waals surface area contributed by atoms with E-state index in [1.165, 1.54) is 0 Å². The first-order chi connectivity index (χ1) is 11.4. The zero-order chi connectivity index (χ0) is 15.5. The van der Waals surface area contributed by atoms with Crippen LogP contribution in [0.4, 0.5) is 0 Å². The number of hydrogen-bond donors (Lipinski definition) is 0. The molecule has 6 heteroatoms. The highest BCUT2D eigenvalue weighted by Gasteiger charge is 2.07. The third kappa shape index (κ3) is 2.69. The monoisotopic (exact) mass is 300 g/mol. The van der Waals surface area contributed by atoms with Crippen LogP contribution in [-0.4, -0.2) is 29.5 Å². The standard InChI is InChI=1S/C17H12N6/c1-5-14(17-19-8-3-9-20-17)22-16(6-1)23-11-15(21-12-23)13-4-2-7-18-10-13/h1-12H. The largest absolute Gasteiger partial charge is 0.290 e. The molecule has 4 heterocycles. The lowest BCUT2D eigenvalue weighted by Crippen LogP contribution is -1.97. The predicted octanol–water partition coefficient (Wildman–Crippen LogP) is 2.79. The van der Waals surface area contributed by atoms with Crippen molar-refractivity contribution >= 4 is 0 Å². The smallest absolute Gasteiger partial charge is 0.178 e. The highest BCUT2D eigenvalue weighted by atomic mass is 15.1. The SMILES string of the molecule is c1cnc(-c2cccc(-n3cnc(-c4cccnc4)c3)n2)nc1. The molecule has 0 N–H and O–H groups in total. The summed E-state index contributed by atoms with van der Waals surface area (Å²) < 4.78 is 1.87. The van der Waals surface area contributed by atoms with Gasteiger partial charge in [0.15, 0.2) is 5.82 Å². The summed E-state index contributed by atoms with van der Waals surface area (Å²) in [6.45, 7) is 0. The van der Waals surface area contributed by atoms with E-state index in [9.17, 15) is 0 Å². The molecule has 110 valence electrons. The summed E-state index contributed by atoms with van der Waals surface area (Å²) in [7, 11) is 0. The summed E-state index contributed by atoms with van der Waals surface area (Å²) in [5.74, 6) is 1.36. The summed E-state index contributed by atoms with van der Waals surface area (Å²) in [4.78, 5) is 21.6. The van der Waals surface area contributed by atoms with Gasteiger partial charge in [-0.1, -0.05) is 6.07 Å². The van der Waals surface area contributed by atoms with Gasteiger partial charge in [0.25, 0.3) is 0 Å². The van der Waals surface area contributed by atoms with Crippen molar-refractivity contribution in [3.05, 3.63) is 73.7 Å². The Balaban J connectivity index is 1.71. The van der Waals surface area contributed by atoms with Gasteiger partial charge in [-0.25, -0.2) is 19.9 Å². The Labute approximate surface area is 132 Å². The first kappa shape index (κ1) is 13.3. The topological polar surface area (TPSA) is 69.4 Å². The molecule has 0 aromatic carbocycles. The maximum absolute atomic E-state index is 4.60. The van der Waals surface area contributed by atoms with Crippen molar-refractivity contribution in [2.24, 2.45) is 0 Å². The summed E-state index contributed by atoms with van der Waals surface area (Å²) in [6.07, 6.45) is 10.6. The second kappa shape index (κ2) is 5.76. The first-order valence-electron chi connectivity index (χ1n) is 7.09. The number of pyridine rings is 2. The molecule has 0 atom stereocenters. The van der Waals surface area contributed by atoms with Crippen LogP contribution in [0.2, 0.25) is 0 Å². The van der Waals surface area contributed by atoms with E-state index in [1.54, 1.807) is 37.2 Å². The van der Waals surface area contributed by atoms with Gasteiger partial charge in [0, 0.05) is 36.5 Å². The molecule has 0 amide bonds. The van der Waals surface area contributed by atoms with Crippen LogP contribution in [-0.2, 0) is 0 Å². The summed E-state index contributed by atoms with van der Waals surface area (Å²) in [5.41, 5.74) is 2.54. The highest BCUT2D eigenvalue weighted by molar-refractivity contribution is 5.57. The van der Waals surface area contributed by atoms with Gasteiger partial charge < -0.3 is 0 Å². The van der Waals surface area contributed by atoms with Crippen LogP contribution in [0.5, 0.6) is 0 Å². The Hall–Kier alpha value is -3.41. The quantitative estimate of drug-likeness (QED) is 0.582. The first-order valence-corrected chi connectivity index (χ1v) is 7.09. The lowest BCUT2D eigenvalue weighted by molar-refractivity contribution is 0.988. The lowest BCUT2D eigenvalue weighted by Gasteiger charge is -2.03. The second-order valence-corrected chi connectivity index (χ2v) is 4.86. The van der Waals surface area contributed by atoms with E-state index in [1.807, 2.05) is 41.1 Å². The van der Waals surface area contributed by atoms with Crippen LogP contribution in [0.1, 0.15) is 0 Å². The van der Waals surface area contributed by atoms with E-state index in [0.717, 1.165) is 22.8 Å². The third-order valence-corrected chi connectivity index (χ3v) is 3.33. The molecule has 4 rings (SSSR count). The van der Waals surface area contributed by atoms with E-state index in [-0.39, 0.29) is 0 Å². The van der Waals surface area contributed by atoms with Crippen molar-refractivity contribution in [2.45, 2.75) is 0 Å². The van der Waals surface area contributed by atoms with Crippen molar-refractivity contribution in [3.8, 4) is 28.6 Å². The van der Waals surface area contributed by atoms with Crippen molar-refractivity contribution in [1.82, 2.24) is 29.5 Å². The molecule has 6 nitrogen and oxygen atoms in total. The van der Waals surface area contributed by atoms with E-state index in [2.05, 4.69) is 24.9 Å². The van der Waals surface area contributed by atoms with Crippen LogP contribution in [0, 0.1) is 0 Å². The highest BCUT2D eigenvalue weighted by Crippen LogP contribution is 2.18. The number of hydrogen-bond acceptors (Lipinski definition) is 5. The van der Waals surface area contributed by atoms with Crippen molar-refractivity contribution in [1.29, 1.82) is 0 Å². The Morgan fingerprint density at radius 1 is 0.783 bits per heavy atom. The van der Waals surface area contributed by atoms with Crippen molar-refractivity contribution in [3.63, 3.8) is 0 Å². The van der Waals surface area contributed by atoms with Gasteiger partial charge in [-0.05, 0) is 30.3 Å². The molecule has 0 saturated heterocycles. The van der Waals surface area contributed by atoms with Gasteiger partial charge in [-0.2, -0.15) is 0 Å². The molecule has 23 heavy (non-hydrogen) atoms. The molecule has 0 spiro atoms. The van der Waals surface area contributed by atoms with Gasteiger partial charge >= 0.3 is 0 Å². The third-order valence-electron chi connectivity index (χ3n) is 3.33. The molecule has 0 bridgehead atoms. The van der Waals surface area contributed by atoms with E-state index in [4.69, 9.17) is 0 Å². The average molecular weight is 300 g/mol. The number of imidazole rings is 1. The summed E-state index contributed by atoms with van der Waals surface area (Å²) in [6, 6.07) is 11.4. The number of aromatic nitrogens is 6. The van der Waals surface area contributed by atoms with Crippen LogP contribution in [0.3, 0.4) is 0 Å². The van der Waals surface area contributed by atoms with Gasteiger partial charge in [0.1, 0.15) is 17.8 Å². The lowest BCUT2D eigenvalue weighted by atomic mass is 10.2. The molecule has 4 aromatic rings. The van der Waals surface area contributed by atoms with Crippen LogP contribution >= 0.6 is 0 Å². The molecular formula is C17H12N6. The van der Waals surface area contributed by atoms with Gasteiger partial charge in [-0.3, -0.25) is 9.55 Å². The fourth-order valence-corrected chi connectivity index (χ4v) is 2.23. The number of rotatable bonds is 3. The minimum Gasteiger partial charge on any atom is -0.290 e. The predicted molar refractivity (Wildman–Crippen MR) is 85.6 cm³/mol.